The molecule has 0 aliphatic heterocycles. The van der Waals surface area contributed by atoms with Gasteiger partial charge in [0, 0.05) is 35.3 Å². The number of carbonyl (C=O) groups excluding carboxylic acids is 2. The van der Waals surface area contributed by atoms with Crippen molar-refractivity contribution in [1.82, 2.24) is 19.9 Å². The standard InChI is InChI=1S/C28H38N8O4/c1-5-9-17(7-3)21-15-23(37)33-25(31-21)35-27(39)29-19-11-13-20(14-12-19)30-28(40)36-26-32-22(16-24(38)34-26)18(8-4)10-6-2/h11-18H,5-10H2,1-4H3,(H3,29,31,33,35,37,39)(H3,30,32,34,36,38,40). The highest BCUT2D eigenvalue weighted by molar-refractivity contribution is 6.00. The number of aromatic amines is 2. The van der Waals surface area contributed by atoms with Crippen LogP contribution >= 0.6 is 0 Å². The Bertz CT molecular complexity index is 1290. The van der Waals surface area contributed by atoms with Crippen molar-refractivity contribution in [3.8, 4) is 0 Å². The van der Waals surface area contributed by atoms with E-state index in [-0.39, 0.29) is 34.9 Å². The molecule has 3 aromatic rings. The fourth-order valence-corrected chi connectivity index (χ4v) is 4.49. The number of benzene rings is 1. The molecule has 2 aromatic heterocycles. The maximum atomic E-state index is 12.5. The van der Waals surface area contributed by atoms with Gasteiger partial charge in [-0.25, -0.2) is 19.6 Å². The van der Waals surface area contributed by atoms with Crippen molar-refractivity contribution < 1.29 is 9.59 Å². The van der Waals surface area contributed by atoms with Gasteiger partial charge in [0.05, 0.1) is 11.4 Å². The number of nitrogens with one attached hydrogen (secondary N) is 6. The zero-order valence-corrected chi connectivity index (χ0v) is 23.4. The van der Waals surface area contributed by atoms with Crippen molar-refractivity contribution in [2.75, 3.05) is 21.3 Å². The summed E-state index contributed by atoms with van der Waals surface area (Å²) in [4.78, 5) is 63.1. The second kappa shape index (κ2) is 14.6. The lowest BCUT2D eigenvalue weighted by Gasteiger charge is -2.14. The number of hydrogen-bond acceptors (Lipinski definition) is 6. The van der Waals surface area contributed by atoms with Crippen molar-refractivity contribution in [1.29, 1.82) is 0 Å². The number of carbonyl (C=O) groups is 2. The Hall–Kier alpha value is -4.48. The van der Waals surface area contributed by atoms with Crippen LogP contribution in [-0.4, -0.2) is 32.0 Å². The molecule has 0 bridgehead atoms. The fourth-order valence-electron chi connectivity index (χ4n) is 4.49. The molecule has 2 heterocycles. The average molecular weight is 551 g/mol. The number of amides is 4. The van der Waals surface area contributed by atoms with E-state index in [1.54, 1.807) is 24.3 Å². The van der Waals surface area contributed by atoms with Crippen LogP contribution in [0.2, 0.25) is 0 Å². The van der Waals surface area contributed by atoms with Gasteiger partial charge in [0.25, 0.3) is 11.1 Å². The molecule has 3 rings (SSSR count). The number of anilines is 4. The average Bonchev–Trinajstić information content (AvgIpc) is 2.90. The number of nitrogens with zero attached hydrogens (tertiary/aromatic N) is 2. The van der Waals surface area contributed by atoms with Gasteiger partial charge in [-0.3, -0.25) is 30.2 Å². The Kier molecular flexibility index (Phi) is 11.0. The van der Waals surface area contributed by atoms with Crippen molar-refractivity contribution in [2.45, 2.75) is 78.1 Å². The largest absolute Gasteiger partial charge is 0.326 e. The third kappa shape index (κ3) is 8.79. The van der Waals surface area contributed by atoms with Crippen LogP contribution in [0.4, 0.5) is 32.9 Å². The summed E-state index contributed by atoms with van der Waals surface area (Å²) in [5.74, 6) is 0.422. The molecular formula is C28H38N8O4. The van der Waals surface area contributed by atoms with Crippen LogP contribution in [0.15, 0.2) is 46.0 Å². The first-order valence-corrected chi connectivity index (χ1v) is 13.7. The molecule has 0 saturated heterocycles. The van der Waals surface area contributed by atoms with Gasteiger partial charge in [0.15, 0.2) is 0 Å². The Labute approximate surface area is 232 Å². The van der Waals surface area contributed by atoms with Crippen molar-refractivity contribution in [3.05, 3.63) is 68.5 Å². The van der Waals surface area contributed by atoms with Crippen LogP contribution < -0.4 is 32.4 Å². The molecule has 4 amide bonds. The first-order chi connectivity index (χ1) is 19.2. The lowest BCUT2D eigenvalue weighted by atomic mass is 9.97. The van der Waals surface area contributed by atoms with E-state index in [0.29, 0.717) is 22.8 Å². The molecule has 12 nitrogen and oxygen atoms in total. The van der Waals surface area contributed by atoms with Gasteiger partial charge in [-0.2, -0.15) is 0 Å². The van der Waals surface area contributed by atoms with Crippen molar-refractivity contribution >= 4 is 35.3 Å². The predicted octanol–water partition coefficient (Wildman–Crippen LogP) is 5.73. The molecular weight excluding hydrogens is 512 g/mol. The number of hydrogen-bond donors (Lipinski definition) is 6. The third-order valence-corrected chi connectivity index (χ3v) is 6.48. The van der Waals surface area contributed by atoms with Gasteiger partial charge in [-0.05, 0) is 49.9 Å². The third-order valence-electron chi connectivity index (χ3n) is 6.48. The van der Waals surface area contributed by atoms with E-state index in [2.05, 4.69) is 55.1 Å². The number of H-pyrrole nitrogens is 2. The van der Waals surface area contributed by atoms with E-state index < -0.39 is 12.1 Å². The quantitative estimate of drug-likeness (QED) is 0.168. The van der Waals surface area contributed by atoms with E-state index >= 15 is 0 Å². The molecule has 40 heavy (non-hydrogen) atoms. The van der Waals surface area contributed by atoms with E-state index in [0.717, 1.165) is 38.5 Å². The Balaban J connectivity index is 1.59. The van der Waals surface area contributed by atoms with Crippen LogP contribution in [0, 0.1) is 0 Å². The van der Waals surface area contributed by atoms with Gasteiger partial charge in [0.2, 0.25) is 11.9 Å². The molecule has 0 aliphatic rings. The summed E-state index contributed by atoms with van der Waals surface area (Å²) in [6, 6.07) is 8.19. The van der Waals surface area contributed by atoms with E-state index in [4.69, 9.17) is 0 Å². The van der Waals surface area contributed by atoms with E-state index in [9.17, 15) is 19.2 Å². The highest BCUT2D eigenvalue weighted by Gasteiger charge is 2.15. The summed E-state index contributed by atoms with van der Waals surface area (Å²) < 4.78 is 0. The van der Waals surface area contributed by atoms with E-state index in [1.165, 1.54) is 12.1 Å². The molecule has 6 N–H and O–H groups in total. The molecule has 2 unspecified atom stereocenters. The zero-order chi connectivity index (χ0) is 29.1. The van der Waals surface area contributed by atoms with Gasteiger partial charge in [0.1, 0.15) is 0 Å². The van der Waals surface area contributed by atoms with Crippen LogP contribution in [0.3, 0.4) is 0 Å². The second-order valence-electron chi connectivity index (χ2n) is 9.56. The van der Waals surface area contributed by atoms with Crippen LogP contribution in [0.5, 0.6) is 0 Å². The first kappa shape index (κ1) is 30.1. The molecule has 1 aromatic carbocycles. The lowest BCUT2D eigenvalue weighted by Crippen LogP contribution is -2.24. The molecule has 0 radical (unpaired) electrons. The summed E-state index contributed by atoms with van der Waals surface area (Å²) in [6.07, 6.45) is 5.41. The predicted molar refractivity (Wildman–Crippen MR) is 157 cm³/mol. The molecule has 0 fully saturated rings. The number of rotatable bonds is 12. The van der Waals surface area contributed by atoms with Crippen molar-refractivity contribution in [2.24, 2.45) is 0 Å². The van der Waals surface area contributed by atoms with Gasteiger partial charge in [-0.15, -0.1) is 0 Å². The molecule has 0 aliphatic carbocycles. The SMILES string of the molecule is CCCC(CC)c1cc(=O)[nH]c(NC(=O)Nc2ccc(NC(=O)Nc3nc(C(CC)CCC)cc(=O)[nH]3)cc2)n1. The monoisotopic (exact) mass is 550 g/mol. The summed E-state index contributed by atoms with van der Waals surface area (Å²) in [7, 11) is 0. The first-order valence-electron chi connectivity index (χ1n) is 13.7. The second-order valence-corrected chi connectivity index (χ2v) is 9.56. The Morgan fingerprint density at radius 2 is 1.05 bits per heavy atom. The van der Waals surface area contributed by atoms with Gasteiger partial charge in [-0.1, -0.05) is 40.5 Å². The Morgan fingerprint density at radius 1 is 0.675 bits per heavy atom. The lowest BCUT2D eigenvalue weighted by molar-refractivity contribution is 0.261. The molecule has 2 atom stereocenters. The summed E-state index contributed by atoms with van der Waals surface area (Å²) in [6.45, 7) is 8.22. The fraction of sp³-hybridized carbons (Fsp3) is 0.429. The summed E-state index contributed by atoms with van der Waals surface area (Å²) >= 11 is 0. The maximum absolute atomic E-state index is 12.5. The molecule has 0 spiro atoms. The van der Waals surface area contributed by atoms with Crippen LogP contribution in [-0.2, 0) is 0 Å². The topological polar surface area (TPSA) is 174 Å². The minimum Gasteiger partial charge on any atom is -0.308 e. The minimum absolute atomic E-state index is 0.0696. The molecule has 0 saturated carbocycles. The smallest absolute Gasteiger partial charge is 0.308 e. The highest BCUT2D eigenvalue weighted by Crippen LogP contribution is 2.23. The molecule has 214 valence electrons. The maximum Gasteiger partial charge on any atom is 0.326 e. The van der Waals surface area contributed by atoms with Crippen LogP contribution in [0.1, 0.15) is 89.4 Å². The normalized spacial score (nSPS) is 12.3. The van der Waals surface area contributed by atoms with Crippen LogP contribution in [0.25, 0.3) is 0 Å². The van der Waals surface area contributed by atoms with E-state index in [1.807, 2.05) is 13.8 Å². The summed E-state index contributed by atoms with van der Waals surface area (Å²) in [5.41, 5.74) is 1.55. The number of aromatic nitrogens is 4. The Morgan fingerprint density at radius 3 is 1.38 bits per heavy atom. The van der Waals surface area contributed by atoms with Crippen molar-refractivity contribution in [3.63, 3.8) is 0 Å². The summed E-state index contributed by atoms with van der Waals surface area (Å²) in [5, 5.41) is 10.5. The highest BCUT2D eigenvalue weighted by atomic mass is 16.2. The number of urea groups is 2. The van der Waals surface area contributed by atoms with Gasteiger partial charge < -0.3 is 10.6 Å². The van der Waals surface area contributed by atoms with Gasteiger partial charge >= 0.3 is 12.1 Å². The zero-order valence-electron chi connectivity index (χ0n) is 23.4. The molecule has 12 heteroatoms. The minimum atomic E-state index is -0.578.